The van der Waals surface area contributed by atoms with Crippen LogP contribution in [0, 0.1) is 6.92 Å². The van der Waals surface area contributed by atoms with Crippen molar-refractivity contribution >= 4 is 31.9 Å². The van der Waals surface area contributed by atoms with Crippen LogP contribution in [0.3, 0.4) is 0 Å². The molecule has 1 amide bonds. The summed E-state index contributed by atoms with van der Waals surface area (Å²) in [7, 11) is -3.16. The Labute approximate surface area is 122 Å². The van der Waals surface area contributed by atoms with E-state index in [9.17, 15) is 13.2 Å². The maximum absolute atomic E-state index is 11.8. The van der Waals surface area contributed by atoms with Gasteiger partial charge in [0.1, 0.15) is 0 Å². The van der Waals surface area contributed by atoms with Gasteiger partial charge in [0, 0.05) is 23.1 Å². The molecule has 0 aliphatic heterocycles. The summed E-state index contributed by atoms with van der Waals surface area (Å²) in [5.74, 6) is -0.167. The van der Waals surface area contributed by atoms with Crippen molar-refractivity contribution in [3.63, 3.8) is 0 Å². The van der Waals surface area contributed by atoms with Crippen LogP contribution in [0.1, 0.15) is 22.3 Å². The monoisotopic (exact) mass is 348 g/mol. The Morgan fingerprint density at radius 3 is 2.58 bits per heavy atom. The lowest BCUT2D eigenvalue weighted by molar-refractivity contribution is 0.0953. The van der Waals surface area contributed by atoms with E-state index in [1.807, 2.05) is 13.0 Å². The third-order valence-corrected chi connectivity index (χ3v) is 4.02. The molecule has 0 saturated heterocycles. The zero-order chi connectivity index (χ0) is 14.5. The van der Waals surface area contributed by atoms with Crippen molar-refractivity contribution in [2.75, 3.05) is 19.3 Å². The first-order chi connectivity index (χ1) is 8.79. The van der Waals surface area contributed by atoms with Gasteiger partial charge >= 0.3 is 0 Å². The lowest BCUT2D eigenvalue weighted by atomic mass is 10.1. The van der Waals surface area contributed by atoms with Crippen LogP contribution < -0.4 is 10.0 Å². The summed E-state index contributed by atoms with van der Waals surface area (Å²) in [6.07, 6.45) is 1.65. The first-order valence-corrected chi connectivity index (χ1v) is 8.47. The lowest BCUT2D eigenvalue weighted by Crippen LogP contribution is -2.29. The molecule has 7 heteroatoms. The fourth-order valence-corrected chi connectivity index (χ4v) is 2.28. The molecular formula is C12H17BrN2O3S. The van der Waals surface area contributed by atoms with Crippen molar-refractivity contribution in [3.8, 4) is 0 Å². The van der Waals surface area contributed by atoms with E-state index in [2.05, 4.69) is 26.0 Å². The number of sulfonamides is 1. The second kappa shape index (κ2) is 7.02. The largest absolute Gasteiger partial charge is 0.352 e. The Hall–Kier alpha value is -0.920. The van der Waals surface area contributed by atoms with Gasteiger partial charge in [0.25, 0.3) is 5.91 Å². The van der Waals surface area contributed by atoms with Crippen molar-refractivity contribution in [1.29, 1.82) is 0 Å². The number of aryl methyl sites for hydroxylation is 1. The smallest absolute Gasteiger partial charge is 0.251 e. The maximum atomic E-state index is 11.8. The highest BCUT2D eigenvalue weighted by molar-refractivity contribution is 9.10. The zero-order valence-electron chi connectivity index (χ0n) is 10.9. The number of nitrogens with one attached hydrogen (secondary N) is 2. The molecule has 0 saturated carbocycles. The van der Waals surface area contributed by atoms with Crippen LogP contribution in [0.4, 0.5) is 0 Å². The number of hydrogen-bond acceptors (Lipinski definition) is 3. The van der Waals surface area contributed by atoms with Crippen LogP contribution in [0.25, 0.3) is 0 Å². The molecule has 0 bridgehead atoms. The SMILES string of the molecule is Cc1ccc(C(=O)NCCCNS(C)(=O)=O)cc1Br. The summed E-state index contributed by atoms with van der Waals surface area (Å²) in [4.78, 5) is 11.8. The first kappa shape index (κ1) is 16.1. The van der Waals surface area contributed by atoms with Crippen LogP contribution in [0.5, 0.6) is 0 Å². The van der Waals surface area contributed by atoms with Gasteiger partial charge in [0.15, 0.2) is 0 Å². The molecule has 5 nitrogen and oxygen atoms in total. The Bertz CT molecular complexity index is 558. The fourth-order valence-electron chi connectivity index (χ4n) is 1.38. The van der Waals surface area contributed by atoms with Crippen LogP contribution in [-0.4, -0.2) is 33.7 Å². The lowest BCUT2D eigenvalue weighted by Gasteiger charge is -2.07. The third-order valence-electron chi connectivity index (χ3n) is 2.44. The number of amides is 1. The molecule has 0 aliphatic rings. The normalized spacial score (nSPS) is 11.3. The van der Waals surface area contributed by atoms with Crippen molar-refractivity contribution in [2.24, 2.45) is 0 Å². The minimum absolute atomic E-state index is 0.167. The van der Waals surface area contributed by atoms with E-state index in [0.717, 1.165) is 16.3 Å². The predicted octanol–water partition coefficient (Wildman–Crippen LogP) is 1.43. The van der Waals surface area contributed by atoms with Crippen molar-refractivity contribution in [2.45, 2.75) is 13.3 Å². The van der Waals surface area contributed by atoms with E-state index < -0.39 is 10.0 Å². The van der Waals surface area contributed by atoms with Gasteiger partial charge in [-0.15, -0.1) is 0 Å². The Morgan fingerprint density at radius 1 is 1.32 bits per heavy atom. The molecule has 0 radical (unpaired) electrons. The van der Waals surface area contributed by atoms with Crippen molar-refractivity contribution in [1.82, 2.24) is 10.0 Å². The van der Waals surface area contributed by atoms with Crippen LogP contribution in [-0.2, 0) is 10.0 Å². The molecule has 19 heavy (non-hydrogen) atoms. The van der Waals surface area contributed by atoms with Gasteiger partial charge in [-0.1, -0.05) is 22.0 Å². The number of carbonyl (C=O) groups excluding carboxylic acids is 1. The Morgan fingerprint density at radius 2 is 2.00 bits per heavy atom. The molecule has 0 fully saturated rings. The van der Waals surface area contributed by atoms with E-state index in [0.29, 0.717) is 25.1 Å². The van der Waals surface area contributed by atoms with Gasteiger partial charge < -0.3 is 5.32 Å². The molecule has 106 valence electrons. The topological polar surface area (TPSA) is 75.3 Å². The number of benzene rings is 1. The molecular weight excluding hydrogens is 332 g/mol. The van der Waals surface area contributed by atoms with Crippen LogP contribution in [0.15, 0.2) is 22.7 Å². The molecule has 0 spiro atoms. The van der Waals surface area contributed by atoms with Gasteiger partial charge in [0.05, 0.1) is 6.26 Å². The van der Waals surface area contributed by atoms with E-state index in [-0.39, 0.29) is 5.91 Å². The molecule has 0 aromatic heterocycles. The number of halogens is 1. The average Bonchev–Trinajstić information content (AvgIpc) is 2.30. The molecule has 0 unspecified atom stereocenters. The van der Waals surface area contributed by atoms with Gasteiger partial charge in [-0.25, -0.2) is 13.1 Å². The summed E-state index contributed by atoms with van der Waals surface area (Å²) in [6.45, 7) is 2.69. The van der Waals surface area contributed by atoms with Crippen molar-refractivity contribution in [3.05, 3.63) is 33.8 Å². The highest BCUT2D eigenvalue weighted by Gasteiger charge is 2.06. The van der Waals surface area contributed by atoms with E-state index in [4.69, 9.17) is 0 Å². The summed E-state index contributed by atoms with van der Waals surface area (Å²) in [5, 5.41) is 2.74. The third kappa shape index (κ3) is 6.17. The molecule has 1 aromatic rings. The summed E-state index contributed by atoms with van der Waals surface area (Å²) >= 11 is 3.37. The molecule has 0 atom stereocenters. The molecule has 1 rings (SSSR count). The van der Waals surface area contributed by atoms with E-state index in [1.165, 1.54) is 0 Å². The summed E-state index contributed by atoms with van der Waals surface area (Å²) in [5.41, 5.74) is 1.64. The Balaban J connectivity index is 2.37. The average molecular weight is 349 g/mol. The maximum Gasteiger partial charge on any atom is 0.251 e. The highest BCUT2D eigenvalue weighted by Crippen LogP contribution is 2.17. The second-order valence-corrected chi connectivity index (χ2v) is 6.93. The number of hydrogen-bond donors (Lipinski definition) is 2. The Kier molecular flexibility index (Phi) is 5.96. The highest BCUT2D eigenvalue weighted by atomic mass is 79.9. The number of carbonyl (C=O) groups is 1. The standard InChI is InChI=1S/C12H17BrN2O3S/c1-9-4-5-10(8-11(9)13)12(16)14-6-3-7-15-19(2,17)18/h4-5,8,15H,3,6-7H2,1-2H3,(H,14,16). The summed E-state index contributed by atoms with van der Waals surface area (Å²) in [6, 6.07) is 5.38. The van der Waals surface area contributed by atoms with E-state index in [1.54, 1.807) is 12.1 Å². The minimum Gasteiger partial charge on any atom is -0.352 e. The summed E-state index contributed by atoms with van der Waals surface area (Å²) < 4.78 is 24.9. The first-order valence-electron chi connectivity index (χ1n) is 5.78. The predicted molar refractivity (Wildman–Crippen MR) is 78.7 cm³/mol. The van der Waals surface area contributed by atoms with Gasteiger partial charge in [-0.2, -0.15) is 0 Å². The van der Waals surface area contributed by atoms with Crippen LogP contribution >= 0.6 is 15.9 Å². The second-order valence-electron chi connectivity index (χ2n) is 4.24. The van der Waals surface area contributed by atoms with Gasteiger partial charge in [0.2, 0.25) is 10.0 Å². The molecule has 0 heterocycles. The minimum atomic E-state index is -3.16. The van der Waals surface area contributed by atoms with E-state index >= 15 is 0 Å². The molecule has 2 N–H and O–H groups in total. The van der Waals surface area contributed by atoms with Crippen LogP contribution in [0.2, 0.25) is 0 Å². The van der Waals surface area contributed by atoms with Gasteiger partial charge in [-0.3, -0.25) is 4.79 Å². The zero-order valence-corrected chi connectivity index (χ0v) is 13.3. The molecule has 0 aliphatic carbocycles. The quantitative estimate of drug-likeness (QED) is 0.763. The van der Waals surface area contributed by atoms with Gasteiger partial charge in [-0.05, 0) is 31.0 Å². The molecule has 1 aromatic carbocycles. The number of rotatable bonds is 6. The fraction of sp³-hybridized carbons (Fsp3) is 0.417. The van der Waals surface area contributed by atoms with Crippen molar-refractivity contribution < 1.29 is 13.2 Å².